The monoisotopic (exact) mass is 476 g/mol. The smallest absolute Gasteiger partial charge is 0.263 e. The minimum Gasteiger partial charge on any atom is -0.326 e. The summed E-state index contributed by atoms with van der Waals surface area (Å²) < 4.78 is 16.0. The number of carbonyl (C=O) groups is 2. The molecule has 0 bridgehead atoms. The molecule has 0 aliphatic rings. The molecule has 2 heterocycles. The van der Waals surface area contributed by atoms with E-state index in [2.05, 4.69) is 15.6 Å². The molecule has 2 aromatic carbocycles. The van der Waals surface area contributed by atoms with Gasteiger partial charge in [-0.25, -0.2) is 9.37 Å². The number of carbonyl (C=O) groups excluding carboxylic acids is 2. The van der Waals surface area contributed by atoms with Crippen LogP contribution >= 0.6 is 11.3 Å². The summed E-state index contributed by atoms with van der Waals surface area (Å²) in [6.07, 6.45) is 1.64. The standard InChI is InChI=1S/C25H21FN4O3S/c1-15-5-3-6-17(11-15)13-30-10-4-7-20(24(30)33)23(32)29-25-28-22(14-34-25)19-9-8-18(12-21(19)26)27-16(2)31/h3-12,14H,13H2,1-2H3,(H,27,31)(H,28,29,32). The van der Waals surface area contributed by atoms with Crippen molar-refractivity contribution < 1.29 is 14.0 Å². The number of hydrogen-bond donors (Lipinski definition) is 2. The maximum atomic E-state index is 14.5. The molecule has 0 spiro atoms. The molecule has 0 atom stereocenters. The number of hydrogen-bond acceptors (Lipinski definition) is 5. The van der Waals surface area contributed by atoms with Gasteiger partial charge >= 0.3 is 0 Å². The Morgan fingerprint density at radius 3 is 2.65 bits per heavy atom. The molecule has 4 aromatic rings. The van der Waals surface area contributed by atoms with Gasteiger partial charge < -0.3 is 9.88 Å². The Morgan fingerprint density at radius 1 is 1.09 bits per heavy atom. The van der Waals surface area contributed by atoms with Crippen molar-refractivity contribution in [3.8, 4) is 11.3 Å². The van der Waals surface area contributed by atoms with Crippen LogP contribution in [0.2, 0.25) is 0 Å². The number of benzene rings is 2. The summed E-state index contributed by atoms with van der Waals surface area (Å²) in [5.41, 5.74) is 2.50. The minimum absolute atomic E-state index is 0.0160. The van der Waals surface area contributed by atoms with E-state index >= 15 is 0 Å². The van der Waals surface area contributed by atoms with Crippen molar-refractivity contribution in [2.75, 3.05) is 10.6 Å². The fourth-order valence-electron chi connectivity index (χ4n) is 3.46. The molecule has 0 fully saturated rings. The van der Waals surface area contributed by atoms with E-state index < -0.39 is 17.3 Å². The summed E-state index contributed by atoms with van der Waals surface area (Å²) in [5, 5.41) is 6.98. The van der Waals surface area contributed by atoms with Crippen LogP contribution in [-0.4, -0.2) is 21.4 Å². The maximum Gasteiger partial charge on any atom is 0.263 e. The molecule has 0 saturated heterocycles. The number of halogens is 1. The Labute approximate surface area is 198 Å². The summed E-state index contributed by atoms with van der Waals surface area (Å²) in [6.45, 7) is 3.66. The van der Waals surface area contributed by atoms with Crippen LogP contribution in [0.1, 0.15) is 28.4 Å². The predicted molar refractivity (Wildman–Crippen MR) is 131 cm³/mol. The highest BCUT2D eigenvalue weighted by Gasteiger charge is 2.16. The molecule has 0 aliphatic heterocycles. The van der Waals surface area contributed by atoms with Crippen molar-refractivity contribution in [2.24, 2.45) is 0 Å². The van der Waals surface area contributed by atoms with Gasteiger partial charge in [0, 0.05) is 29.8 Å². The molecule has 0 aliphatic carbocycles. The Kier molecular flexibility index (Phi) is 6.65. The normalized spacial score (nSPS) is 10.7. The molecule has 2 N–H and O–H groups in total. The molecule has 0 unspecified atom stereocenters. The van der Waals surface area contributed by atoms with Crippen LogP contribution in [0.15, 0.2) is 71.0 Å². The molecule has 2 aromatic heterocycles. The van der Waals surface area contributed by atoms with Gasteiger partial charge in [0.05, 0.1) is 12.2 Å². The number of nitrogens with one attached hydrogen (secondary N) is 2. The first-order valence-electron chi connectivity index (χ1n) is 10.4. The lowest BCUT2D eigenvalue weighted by Crippen LogP contribution is -2.29. The van der Waals surface area contributed by atoms with Crippen molar-refractivity contribution in [1.29, 1.82) is 0 Å². The van der Waals surface area contributed by atoms with Crippen molar-refractivity contribution in [1.82, 2.24) is 9.55 Å². The fraction of sp³-hybridized carbons (Fsp3) is 0.120. The number of aromatic nitrogens is 2. The van der Waals surface area contributed by atoms with Crippen molar-refractivity contribution in [3.05, 3.63) is 99.0 Å². The molecular weight excluding hydrogens is 455 g/mol. The summed E-state index contributed by atoms with van der Waals surface area (Å²) in [6, 6.07) is 15.2. The average Bonchev–Trinajstić information content (AvgIpc) is 3.23. The molecule has 4 rings (SSSR count). The summed E-state index contributed by atoms with van der Waals surface area (Å²) in [7, 11) is 0. The number of aryl methyl sites for hydroxylation is 1. The lowest BCUT2D eigenvalue weighted by Gasteiger charge is -2.09. The summed E-state index contributed by atoms with van der Waals surface area (Å²) in [5.74, 6) is -1.45. The topological polar surface area (TPSA) is 93.1 Å². The third kappa shape index (κ3) is 5.26. The molecular formula is C25H21FN4O3S. The number of anilines is 2. The van der Waals surface area contributed by atoms with Gasteiger partial charge in [0.15, 0.2) is 5.13 Å². The third-order valence-corrected chi connectivity index (χ3v) is 5.75. The van der Waals surface area contributed by atoms with E-state index in [9.17, 15) is 18.8 Å². The van der Waals surface area contributed by atoms with Gasteiger partial charge in [-0.05, 0) is 42.8 Å². The van der Waals surface area contributed by atoms with E-state index in [1.54, 1.807) is 23.7 Å². The van der Waals surface area contributed by atoms with Crippen molar-refractivity contribution in [2.45, 2.75) is 20.4 Å². The largest absolute Gasteiger partial charge is 0.326 e. The first-order chi connectivity index (χ1) is 16.3. The predicted octanol–water partition coefficient (Wildman–Crippen LogP) is 4.68. The lowest BCUT2D eigenvalue weighted by atomic mass is 10.1. The van der Waals surface area contributed by atoms with Crippen LogP contribution in [0.4, 0.5) is 15.2 Å². The number of amides is 2. The van der Waals surface area contributed by atoms with E-state index in [4.69, 9.17) is 0 Å². The quantitative estimate of drug-likeness (QED) is 0.423. The second-order valence-electron chi connectivity index (χ2n) is 7.71. The van der Waals surface area contributed by atoms with Gasteiger partial charge in [0.1, 0.15) is 11.4 Å². The van der Waals surface area contributed by atoms with Gasteiger partial charge in [0.25, 0.3) is 11.5 Å². The van der Waals surface area contributed by atoms with Crippen LogP contribution in [0, 0.1) is 12.7 Å². The summed E-state index contributed by atoms with van der Waals surface area (Å²) in [4.78, 5) is 41.1. The second kappa shape index (κ2) is 9.80. The van der Waals surface area contributed by atoms with Gasteiger partial charge in [0.2, 0.25) is 5.91 Å². The van der Waals surface area contributed by atoms with Crippen LogP contribution in [0.25, 0.3) is 11.3 Å². The van der Waals surface area contributed by atoms with Crippen molar-refractivity contribution in [3.63, 3.8) is 0 Å². The maximum absolute atomic E-state index is 14.5. The van der Waals surface area contributed by atoms with Gasteiger partial charge in [-0.15, -0.1) is 11.3 Å². The molecule has 172 valence electrons. The Morgan fingerprint density at radius 2 is 1.91 bits per heavy atom. The van der Waals surface area contributed by atoms with E-state index in [1.807, 2.05) is 31.2 Å². The van der Waals surface area contributed by atoms with Gasteiger partial charge in [-0.3, -0.25) is 19.7 Å². The zero-order chi connectivity index (χ0) is 24.2. The second-order valence-corrected chi connectivity index (χ2v) is 8.57. The highest BCUT2D eigenvalue weighted by molar-refractivity contribution is 7.14. The SMILES string of the molecule is CC(=O)Nc1ccc(-c2csc(NC(=O)c3cccn(Cc4cccc(C)c4)c3=O)n2)c(F)c1. The number of nitrogens with zero attached hydrogens (tertiary/aromatic N) is 2. The van der Waals surface area contributed by atoms with Crippen LogP contribution in [0.3, 0.4) is 0 Å². The van der Waals surface area contributed by atoms with E-state index in [0.717, 1.165) is 22.5 Å². The molecule has 7 nitrogen and oxygen atoms in total. The molecule has 2 amide bonds. The Balaban J connectivity index is 1.51. The van der Waals surface area contributed by atoms with E-state index in [-0.39, 0.29) is 22.2 Å². The first kappa shape index (κ1) is 23.1. The molecule has 0 saturated carbocycles. The zero-order valence-corrected chi connectivity index (χ0v) is 19.3. The highest BCUT2D eigenvalue weighted by atomic mass is 32.1. The molecule has 34 heavy (non-hydrogen) atoms. The van der Waals surface area contributed by atoms with Crippen molar-refractivity contribution >= 4 is 34.0 Å². The number of thiazole rings is 1. The zero-order valence-electron chi connectivity index (χ0n) is 18.5. The summed E-state index contributed by atoms with van der Waals surface area (Å²) >= 11 is 1.12. The average molecular weight is 477 g/mol. The van der Waals surface area contributed by atoms with E-state index in [1.165, 1.54) is 29.7 Å². The lowest BCUT2D eigenvalue weighted by molar-refractivity contribution is -0.114. The van der Waals surface area contributed by atoms with Crippen LogP contribution in [0.5, 0.6) is 0 Å². The van der Waals surface area contributed by atoms with E-state index in [0.29, 0.717) is 17.9 Å². The Hall–Kier alpha value is -4.11. The highest BCUT2D eigenvalue weighted by Crippen LogP contribution is 2.28. The van der Waals surface area contributed by atoms with Crippen LogP contribution < -0.4 is 16.2 Å². The first-order valence-corrected chi connectivity index (χ1v) is 11.3. The van der Waals surface area contributed by atoms with Gasteiger partial charge in [-0.1, -0.05) is 29.8 Å². The van der Waals surface area contributed by atoms with Gasteiger partial charge in [-0.2, -0.15) is 0 Å². The number of pyridine rings is 1. The minimum atomic E-state index is -0.592. The fourth-order valence-corrected chi connectivity index (χ4v) is 4.17. The molecule has 9 heteroatoms. The third-order valence-electron chi connectivity index (χ3n) is 4.99. The Bertz CT molecular complexity index is 1440. The molecule has 0 radical (unpaired) electrons. The number of rotatable bonds is 6. The van der Waals surface area contributed by atoms with Crippen LogP contribution in [-0.2, 0) is 11.3 Å².